The molecule has 0 aliphatic rings. The van der Waals surface area contributed by atoms with Crippen molar-refractivity contribution in [1.29, 1.82) is 0 Å². The molecule has 0 saturated heterocycles. The number of ether oxygens (including phenoxy) is 3. The van der Waals surface area contributed by atoms with Crippen LogP contribution in [0.2, 0.25) is 0 Å². The number of amides is 1. The Labute approximate surface area is 179 Å². The number of nitro benzene ring substituents is 1. The van der Waals surface area contributed by atoms with Crippen LogP contribution in [0.15, 0.2) is 47.6 Å². The fourth-order valence-electron chi connectivity index (χ4n) is 2.30. The van der Waals surface area contributed by atoms with E-state index < -0.39 is 22.6 Å². The second-order valence-corrected chi connectivity index (χ2v) is 7.20. The van der Waals surface area contributed by atoms with Crippen LogP contribution in [0.5, 0.6) is 11.5 Å². The Bertz CT molecular complexity index is 979. The highest BCUT2D eigenvalue weighted by Gasteiger charge is 2.16. The summed E-state index contributed by atoms with van der Waals surface area (Å²) in [7, 11) is 0. The predicted molar refractivity (Wildman–Crippen MR) is 113 cm³/mol. The van der Waals surface area contributed by atoms with Crippen molar-refractivity contribution in [2.75, 3.05) is 6.61 Å². The summed E-state index contributed by atoms with van der Waals surface area (Å²) in [5.41, 5.74) is 2.21. The molecule has 0 atom stereocenters. The lowest BCUT2D eigenvalue weighted by Crippen LogP contribution is -2.29. The molecule has 1 N–H and O–H groups in total. The summed E-state index contributed by atoms with van der Waals surface area (Å²) in [6, 6.07) is 9.77. The minimum Gasteiger partial charge on any atom is -0.490 e. The minimum absolute atomic E-state index is 0.129. The van der Waals surface area contributed by atoms with E-state index in [1.807, 2.05) is 0 Å². The van der Waals surface area contributed by atoms with Crippen molar-refractivity contribution < 1.29 is 28.7 Å². The van der Waals surface area contributed by atoms with Crippen LogP contribution in [0, 0.1) is 10.1 Å². The third kappa shape index (κ3) is 7.42. The lowest BCUT2D eigenvalue weighted by Gasteiger charge is -2.18. The van der Waals surface area contributed by atoms with Gasteiger partial charge in [0.05, 0.1) is 23.3 Å². The van der Waals surface area contributed by atoms with Gasteiger partial charge in [-0.2, -0.15) is 5.10 Å². The predicted octanol–water partition coefficient (Wildman–Crippen LogP) is 4.07. The van der Waals surface area contributed by atoms with E-state index in [1.54, 1.807) is 39.8 Å². The van der Waals surface area contributed by atoms with Crippen LogP contribution in [0.1, 0.15) is 43.6 Å². The van der Waals surface area contributed by atoms with Crippen molar-refractivity contribution in [3.63, 3.8) is 0 Å². The first kappa shape index (κ1) is 23.3. The molecular formula is C21H23N3O7. The maximum absolute atomic E-state index is 12.4. The Morgan fingerprint density at radius 3 is 2.39 bits per heavy atom. The lowest BCUT2D eigenvalue weighted by molar-refractivity contribution is -0.384. The molecule has 0 saturated carbocycles. The molecule has 10 heteroatoms. The van der Waals surface area contributed by atoms with Gasteiger partial charge in [0, 0.05) is 12.1 Å². The highest BCUT2D eigenvalue weighted by atomic mass is 16.6. The molecule has 31 heavy (non-hydrogen) atoms. The number of non-ortho nitro benzene ring substituents is 1. The quantitative estimate of drug-likeness (QED) is 0.231. The molecule has 0 bridgehead atoms. The van der Waals surface area contributed by atoms with E-state index in [-0.39, 0.29) is 17.0 Å². The molecule has 0 aromatic heterocycles. The van der Waals surface area contributed by atoms with Crippen LogP contribution in [0.25, 0.3) is 0 Å². The number of nitrogens with zero attached hydrogens (tertiary/aromatic N) is 2. The number of nitro groups is 1. The van der Waals surface area contributed by atoms with E-state index in [0.29, 0.717) is 17.9 Å². The SMILES string of the molecule is CCOc1cc(/C=N/NC(=O)OC(C)(C)C)ccc1OC(=O)c1ccc([N+](=O)[O-])cc1. The number of hydrogen-bond acceptors (Lipinski definition) is 8. The third-order valence-corrected chi connectivity index (χ3v) is 3.55. The molecule has 0 aliphatic heterocycles. The molecule has 0 fully saturated rings. The van der Waals surface area contributed by atoms with Gasteiger partial charge in [0.2, 0.25) is 0 Å². The Morgan fingerprint density at radius 1 is 1.13 bits per heavy atom. The number of carbonyl (C=O) groups is 2. The lowest BCUT2D eigenvalue weighted by atomic mass is 10.2. The fourth-order valence-corrected chi connectivity index (χ4v) is 2.30. The summed E-state index contributed by atoms with van der Waals surface area (Å²) in [4.78, 5) is 34.2. The minimum atomic E-state index is -0.692. The molecule has 164 valence electrons. The van der Waals surface area contributed by atoms with Gasteiger partial charge < -0.3 is 14.2 Å². The van der Waals surface area contributed by atoms with Crippen molar-refractivity contribution in [1.82, 2.24) is 5.43 Å². The zero-order valence-corrected chi connectivity index (χ0v) is 17.6. The number of nitrogens with one attached hydrogen (secondary N) is 1. The summed E-state index contributed by atoms with van der Waals surface area (Å²) < 4.78 is 16.0. The summed E-state index contributed by atoms with van der Waals surface area (Å²) >= 11 is 0. The summed E-state index contributed by atoms with van der Waals surface area (Å²) in [5.74, 6) is -0.231. The average molecular weight is 429 g/mol. The molecule has 0 aliphatic carbocycles. The van der Waals surface area contributed by atoms with Gasteiger partial charge in [-0.25, -0.2) is 15.0 Å². The Hall–Kier alpha value is -3.95. The maximum atomic E-state index is 12.4. The van der Waals surface area contributed by atoms with Crippen LogP contribution >= 0.6 is 0 Å². The highest BCUT2D eigenvalue weighted by Crippen LogP contribution is 2.29. The van der Waals surface area contributed by atoms with Crippen LogP contribution in [-0.4, -0.2) is 35.4 Å². The van der Waals surface area contributed by atoms with Gasteiger partial charge in [-0.05, 0) is 63.6 Å². The number of hydrazone groups is 1. The Balaban J connectivity index is 2.10. The zero-order chi connectivity index (χ0) is 23.0. The van der Waals surface area contributed by atoms with Crippen molar-refractivity contribution in [3.8, 4) is 11.5 Å². The van der Waals surface area contributed by atoms with Crippen LogP contribution in [0.3, 0.4) is 0 Å². The first-order valence-electron chi connectivity index (χ1n) is 9.34. The van der Waals surface area contributed by atoms with E-state index in [9.17, 15) is 19.7 Å². The number of esters is 1. The Morgan fingerprint density at radius 2 is 1.81 bits per heavy atom. The molecule has 2 rings (SSSR count). The topological polar surface area (TPSA) is 129 Å². The van der Waals surface area contributed by atoms with Gasteiger partial charge in [0.25, 0.3) is 5.69 Å². The van der Waals surface area contributed by atoms with Gasteiger partial charge in [0.1, 0.15) is 5.60 Å². The molecule has 1 amide bonds. The smallest absolute Gasteiger partial charge is 0.428 e. The molecule has 0 heterocycles. The second kappa shape index (κ2) is 10.2. The number of rotatable bonds is 7. The van der Waals surface area contributed by atoms with Crippen LogP contribution < -0.4 is 14.9 Å². The van der Waals surface area contributed by atoms with Crippen LogP contribution in [0.4, 0.5) is 10.5 Å². The highest BCUT2D eigenvalue weighted by molar-refractivity contribution is 5.92. The zero-order valence-electron chi connectivity index (χ0n) is 17.6. The standard InChI is InChI=1S/C21H23N3O7/c1-5-29-18-12-14(13-22-23-20(26)31-21(2,3)4)6-11-17(18)30-19(25)15-7-9-16(10-8-15)24(27)28/h6-13H,5H2,1-4H3,(H,23,26)/b22-13+. The van der Waals surface area contributed by atoms with Gasteiger partial charge in [-0.1, -0.05) is 0 Å². The maximum Gasteiger partial charge on any atom is 0.428 e. The molecule has 2 aromatic rings. The van der Waals surface area contributed by atoms with Gasteiger partial charge in [-0.3, -0.25) is 10.1 Å². The van der Waals surface area contributed by atoms with Gasteiger partial charge in [0.15, 0.2) is 11.5 Å². The van der Waals surface area contributed by atoms with E-state index in [2.05, 4.69) is 10.5 Å². The van der Waals surface area contributed by atoms with E-state index in [1.165, 1.54) is 36.5 Å². The second-order valence-electron chi connectivity index (χ2n) is 7.20. The van der Waals surface area contributed by atoms with Crippen molar-refractivity contribution in [2.45, 2.75) is 33.3 Å². The first-order chi connectivity index (χ1) is 14.6. The van der Waals surface area contributed by atoms with Crippen molar-refractivity contribution >= 4 is 24.0 Å². The van der Waals surface area contributed by atoms with E-state index >= 15 is 0 Å². The molecule has 0 unspecified atom stereocenters. The van der Waals surface area contributed by atoms with Crippen molar-refractivity contribution in [2.24, 2.45) is 5.10 Å². The summed E-state index contributed by atoms with van der Waals surface area (Å²) in [6.07, 6.45) is 0.691. The number of benzene rings is 2. The summed E-state index contributed by atoms with van der Waals surface area (Å²) in [5, 5.41) is 14.5. The van der Waals surface area contributed by atoms with Gasteiger partial charge >= 0.3 is 12.1 Å². The third-order valence-electron chi connectivity index (χ3n) is 3.55. The van der Waals surface area contributed by atoms with E-state index in [0.717, 1.165) is 0 Å². The largest absolute Gasteiger partial charge is 0.490 e. The molecule has 10 nitrogen and oxygen atoms in total. The van der Waals surface area contributed by atoms with E-state index in [4.69, 9.17) is 14.2 Å². The van der Waals surface area contributed by atoms with Crippen LogP contribution in [-0.2, 0) is 4.74 Å². The van der Waals surface area contributed by atoms with Gasteiger partial charge in [-0.15, -0.1) is 0 Å². The average Bonchev–Trinajstić information content (AvgIpc) is 2.68. The molecule has 0 radical (unpaired) electrons. The summed E-state index contributed by atoms with van der Waals surface area (Å²) in [6.45, 7) is 7.30. The first-order valence-corrected chi connectivity index (χ1v) is 9.34. The number of carbonyl (C=O) groups excluding carboxylic acids is 2. The van der Waals surface area contributed by atoms with Crippen molar-refractivity contribution in [3.05, 3.63) is 63.7 Å². The molecule has 2 aromatic carbocycles. The molecular weight excluding hydrogens is 406 g/mol. The Kier molecular flexibility index (Phi) is 7.67. The number of hydrogen-bond donors (Lipinski definition) is 1. The normalized spacial score (nSPS) is 11.1. The molecule has 0 spiro atoms. The fraction of sp³-hybridized carbons (Fsp3) is 0.286. The monoisotopic (exact) mass is 429 g/mol.